The highest BCUT2D eigenvalue weighted by Gasteiger charge is 2.48. The molecule has 19 heteroatoms. The average molecular weight is 923 g/mol. The number of nitriles is 2. The Kier molecular flexibility index (Phi) is 12.1. The minimum absolute atomic E-state index is 0.0497. The van der Waals surface area contributed by atoms with Crippen LogP contribution in [0, 0.1) is 22.7 Å². The predicted octanol–water partition coefficient (Wildman–Crippen LogP) is 7.76. The molecule has 0 bridgehead atoms. The first-order chi connectivity index (χ1) is 31.8. The molecule has 8 rings (SSSR count). The van der Waals surface area contributed by atoms with Gasteiger partial charge in [-0.05, 0) is 71.8 Å². The molecule has 0 aromatic heterocycles. The van der Waals surface area contributed by atoms with Crippen LogP contribution in [0.15, 0.2) is 120 Å². The molecule has 4 aromatic carbocycles. The van der Waals surface area contributed by atoms with E-state index in [1.54, 1.807) is 48.5 Å². The zero-order chi connectivity index (χ0) is 48.0. The highest BCUT2D eigenvalue weighted by molar-refractivity contribution is 6.08. The van der Waals surface area contributed by atoms with Crippen molar-refractivity contribution >= 4 is 35.3 Å². The quantitative estimate of drug-likeness (QED) is 0.110. The maximum Gasteiger partial charge on any atom is 0.416 e. The topological polar surface area (TPSA) is 153 Å². The Morgan fingerprint density at radius 2 is 0.970 bits per heavy atom. The normalized spacial score (nSPS) is 18.8. The zero-order valence-corrected chi connectivity index (χ0v) is 36.1. The van der Waals surface area contributed by atoms with E-state index in [0.717, 1.165) is 34.1 Å². The summed E-state index contributed by atoms with van der Waals surface area (Å²) in [4.78, 5) is 61.6. The van der Waals surface area contributed by atoms with Gasteiger partial charge in [0.2, 0.25) is 0 Å². The lowest BCUT2D eigenvalue weighted by Crippen LogP contribution is -2.52. The Hall–Kier alpha value is -7.64. The number of quaternary nitrogens is 1. The molecule has 0 saturated heterocycles. The van der Waals surface area contributed by atoms with E-state index in [1.807, 2.05) is 26.2 Å². The van der Waals surface area contributed by atoms with E-state index in [2.05, 4.69) is 10.6 Å². The smallest absolute Gasteiger partial charge is 0.347 e. The first-order valence-electron chi connectivity index (χ1n) is 21.2. The summed E-state index contributed by atoms with van der Waals surface area (Å²) in [5.74, 6) is -0.989. The molecular weight excluding hydrogens is 881 g/mol. The molecule has 67 heavy (non-hydrogen) atoms. The molecule has 0 spiro atoms. The molecule has 344 valence electrons. The van der Waals surface area contributed by atoms with Gasteiger partial charge in [-0.1, -0.05) is 36.4 Å². The third-order valence-electron chi connectivity index (χ3n) is 12.4. The molecule has 0 radical (unpaired) electrons. The molecule has 0 unspecified atom stereocenters. The van der Waals surface area contributed by atoms with Gasteiger partial charge in [0, 0.05) is 25.9 Å². The van der Waals surface area contributed by atoms with Crippen molar-refractivity contribution in [3.8, 4) is 12.1 Å². The molecule has 4 aromatic rings. The van der Waals surface area contributed by atoms with Gasteiger partial charge in [-0.25, -0.2) is 9.59 Å². The Morgan fingerprint density at radius 1 is 0.597 bits per heavy atom. The lowest BCUT2D eigenvalue weighted by atomic mass is 9.92. The summed E-state index contributed by atoms with van der Waals surface area (Å²) < 4.78 is 83.7. The fourth-order valence-corrected chi connectivity index (χ4v) is 9.20. The monoisotopic (exact) mass is 922 g/mol. The van der Waals surface area contributed by atoms with Gasteiger partial charge in [0.25, 0.3) is 11.8 Å². The number of benzene rings is 4. The van der Waals surface area contributed by atoms with Gasteiger partial charge in [-0.2, -0.15) is 36.9 Å². The van der Waals surface area contributed by atoms with Gasteiger partial charge < -0.3 is 24.9 Å². The van der Waals surface area contributed by atoms with Crippen molar-refractivity contribution in [2.75, 3.05) is 63.2 Å². The number of anilines is 2. The molecule has 0 saturated carbocycles. The lowest BCUT2D eigenvalue weighted by molar-refractivity contribution is -0.890. The van der Waals surface area contributed by atoms with Crippen LogP contribution in [0.4, 0.5) is 47.3 Å². The fourth-order valence-electron chi connectivity index (χ4n) is 9.20. The standard InChI is InChI=1S/C48H41F6N9O4/c1-63(2,21-5-19-59-41(31-15-11-29(25-55)12-16-31)39-37(27-57-43(39)64)61(45(59)66)35-9-3-7-33(23-35)47(49,50)51)22-6-20-60-42(32-17-13-30(26-56)14-18-32)40-38(28-58-44(40)65)62(46(60)67)36-10-4-8-34(24-36)48(52,53)54/h3-4,7-18,23-24,41-42H,5-6,19-22,27-28H2,1-2H3,(H-,57,58,64,65)/p+1/t41-,42-/m1/s1. The third-order valence-corrected chi connectivity index (χ3v) is 12.4. The number of rotatable bonds is 12. The van der Waals surface area contributed by atoms with Gasteiger partial charge >= 0.3 is 24.4 Å². The van der Waals surface area contributed by atoms with Crippen LogP contribution in [-0.2, 0) is 21.9 Å². The number of carbonyl (C=O) groups is 4. The average Bonchev–Trinajstić information content (AvgIpc) is 3.87. The van der Waals surface area contributed by atoms with Crippen molar-refractivity contribution in [1.29, 1.82) is 10.5 Å². The van der Waals surface area contributed by atoms with E-state index in [-0.39, 0.29) is 60.1 Å². The summed E-state index contributed by atoms with van der Waals surface area (Å²) in [6, 6.07) is 22.3. The number of halogens is 6. The molecule has 4 aliphatic heterocycles. The number of hydrogen-bond acceptors (Lipinski definition) is 6. The van der Waals surface area contributed by atoms with Crippen molar-refractivity contribution in [3.05, 3.63) is 153 Å². The van der Waals surface area contributed by atoms with E-state index in [9.17, 15) is 56.0 Å². The van der Waals surface area contributed by atoms with Crippen LogP contribution in [0.5, 0.6) is 0 Å². The largest absolute Gasteiger partial charge is 0.416 e. The first-order valence-corrected chi connectivity index (χ1v) is 21.2. The molecule has 4 aliphatic rings. The fraction of sp³-hybridized carbons (Fsp3) is 0.292. The summed E-state index contributed by atoms with van der Waals surface area (Å²) in [5, 5.41) is 24.4. The number of carbonyl (C=O) groups excluding carboxylic acids is 4. The zero-order valence-electron chi connectivity index (χ0n) is 36.1. The Bertz CT molecular complexity index is 2620. The summed E-state index contributed by atoms with van der Waals surface area (Å²) in [6.45, 7) is 0.738. The highest BCUT2D eigenvalue weighted by atomic mass is 19.4. The highest BCUT2D eigenvalue weighted by Crippen LogP contribution is 2.44. The Labute approximate surface area is 380 Å². The first kappa shape index (κ1) is 45.9. The van der Waals surface area contributed by atoms with Crippen LogP contribution >= 0.6 is 0 Å². The molecule has 6 amide bonds. The summed E-state index contributed by atoms with van der Waals surface area (Å²) in [7, 11) is 3.85. The third kappa shape index (κ3) is 8.90. The maximum atomic E-state index is 14.7. The van der Waals surface area contributed by atoms with Gasteiger partial charge in [-0.15, -0.1) is 0 Å². The lowest BCUT2D eigenvalue weighted by Gasteiger charge is -2.43. The van der Waals surface area contributed by atoms with Crippen molar-refractivity contribution in [1.82, 2.24) is 20.4 Å². The summed E-state index contributed by atoms with van der Waals surface area (Å²) in [5.41, 5.74) is 0.438. The van der Waals surface area contributed by atoms with Gasteiger partial charge in [0.05, 0.1) is 121 Å². The van der Waals surface area contributed by atoms with Crippen LogP contribution in [0.25, 0.3) is 0 Å². The summed E-state index contributed by atoms with van der Waals surface area (Å²) in [6.07, 6.45) is -8.74. The number of hydrogen-bond donors (Lipinski definition) is 2. The van der Waals surface area contributed by atoms with Crippen LogP contribution in [0.3, 0.4) is 0 Å². The molecule has 2 atom stereocenters. The van der Waals surface area contributed by atoms with Crippen molar-refractivity contribution < 1.29 is 50.0 Å². The van der Waals surface area contributed by atoms with Crippen molar-refractivity contribution in [2.24, 2.45) is 0 Å². The van der Waals surface area contributed by atoms with E-state index in [4.69, 9.17) is 0 Å². The van der Waals surface area contributed by atoms with Crippen LogP contribution in [0.1, 0.15) is 58.3 Å². The van der Waals surface area contributed by atoms with E-state index in [0.29, 0.717) is 52.7 Å². The Balaban J connectivity index is 1.05. The second kappa shape index (κ2) is 17.6. The number of nitrogens with zero attached hydrogens (tertiary/aromatic N) is 7. The number of alkyl halides is 6. The maximum absolute atomic E-state index is 14.7. The molecule has 4 heterocycles. The van der Waals surface area contributed by atoms with E-state index in [1.165, 1.54) is 34.1 Å². The molecule has 0 fully saturated rings. The number of urea groups is 2. The Morgan fingerprint density at radius 3 is 1.31 bits per heavy atom. The van der Waals surface area contributed by atoms with Crippen molar-refractivity contribution in [2.45, 2.75) is 37.3 Å². The molecule has 2 N–H and O–H groups in total. The molecule has 0 aliphatic carbocycles. The van der Waals surface area contributed by atoms with Crippen LogP contribution in [0.2, 0.25) is 0 Å². The second-order valence-corrected chi connectivity index (χ2v) is 17.2. The SMILES string of the molecule is C[N+](C)(CCCN1C(=O)N(c2cccc(C(F)(F)F)c2)C2=C(C(=O)NC2)[C@H]1c1ccc(C#N)cc1)CCCN1C(=O)N(c2cccc(C(F)(F)F)c2)C2=C(C(=O)NC2)[C@H]1c1ccc(C#N)cc1. The number of nitrogens with one attached hydrogen (secondary N) is 2. The van der Waals surface area contributed by atoms with E-state index >= 15 is 0 Å². The van der Waals surface area contributed by atoms with Gasteiger partial charge in [0.1, 0.15) is 0 Å². The van der Waals surface area contributed by atoms with Gasteiger partial charge in [0.15, 0.2) is 0 Å². The van der Waals surface area contributed by atoms with E-state index < -0.39 is 59.4 Å². The predicted molar refractivity (Wildman–Crippen MR) is 231 cm³/mol. The minimum Gasteiger partial charge on any atom is -0.347 e. The molecule has 13 nitrogen and oxygen atoms in total. The minimum atomic E-state index is -4.71. The molecular formula is C48H42F6N9O4+. The number of amides is 6. The second-order valence-electron chi connectivity index (χ2n) is 17.2. The van der Waals surface area contributed by atoms with Crippen LogP contribution < -0.4 is 20.4 Å². The van der Waals surface area contributed by atoms with Crippen molar-refractivity contribution in [3.63, 3.8) is 0 Å². The van der Waals surface area contributed by atoms with Crippen LogP contribution in [-0.4, -0.2) is 91.5 Å². The van der Waals surface area contributed by atoms with Gasteiger partial charge in [-0.3, -0.25) is 19.4 Å². The summed E-state index contributed by atoms with van der Waals surface area (Å²) >= 11 is 0.